The van der Waals surface area contributed by atoms with Crippen LogP contribution in [0.15, 0.2) is 53.4 Å². The maximum atomic E-state index is 12.7. The molecule has 0 heterocycles. The first-order chi connectivity index (χ1) is 10.3. The maximum absolute atomic E-state index is 12.7. The fraction of sp³-hybridized carbons (Fsp3) is 0.0714. The fourth-order valence-corrected chi connectivity index (χ4v) is 2.86. The first kappa shape index (κ1) is 16.4. The zero-order chi connectivity index (χ0) is 16.3. The molecule has 0 aliphatic carbocycles. The van der Waals surface area contributed by atoms with Crippen molar-refractivity contribution in [3.63, 3.8) is 0 Å². The summed E-state index contributed by atoms with van der Waals surface area (Å²) < 4.78 is 48.6. The van der Waals surface area contributed by atoms with Gasteiger partial charge in [-0.3, -0.25) is 4.79 Å². The SMILES string of the molecule is O=C(Nc1ccccc1S(=O)(=O)C(F)F)c1ccccc1Cl. The van der Waals surface area contributed by atoms with E-state index in [4.69, 9.17) is 11.6 Å². The van der Waals surface area contributed by atoms with Gasteiger partial charge >= 0.3 is 5.76 Å². The van der Waals surface area contributed by atoms with Crippen molar-refractivity contribution in [2.45, 2.75) is 10.7 Å². The summed E-state index contributed by atoms with van der Waals surface area (Å²) in [5.41, 5.74) is -0.124. The van der Waals surface area contributed by atoms with E-state index in [-0.39, 0.29) is 16.3 Å². The summed E-state index contributed by atoms with van der Waals surface area (Å²) in [5, 5.41) is 2.45. The number of sulfone groups is 1. The van der Waals surface area contributed by atoms with Crippen LogP contribution in [0.3, 0.4) is 0 Å². The molecule has 1 amide bonds. The predicted molar refractivity (Wildman–Crippen MR) is 79.0 cm³/mol. The van der Waals surface area contributed by atoms with Crippen molar-refractivity contribution >= 4 is 33.0 Å². The van der Waals surface area contributed by atoms with Gasteiger partial charge in [-0.15, -0.1) is 0 Å². The summed E-state index contributed by atoms with van der Waals surface area (Å²) in [7, 11) is -4.83. The Balaban J connectivity index is 2.40. The Morgan fingerprint density at radius 1 is 1.05 bits per heavy atom. The average Bonchev–Trinajstić information content (AvgIpc) is 2.47. The molecule has 0 unspecified atom stereocenters. The number of carbonyl (C=O) groups excluding carboxylic acids is 1. The summed E-state index contributed by atoms with van der Waals surface area (Å²) in [6.45, 7) is 0. The number of anilines is 1. The van der Waals surface area contributed by atoms with Crippen LogP contribution in [0.25, 0.3) is 0 Å². The molecule has 0 saturated heterocycles. The number of amides is 1. The number of alkyl halides is 2. The monoisotopic (exact) mass is 345 g/mol. The lowest BCUT2D eigenvalue weighted by Crippen LogP contribution is -2.18. The van der Waals surface area contributed by atoms with E-state index < -0.39 is 26.4 Å². The first-order valence-corrected chi connectivity index (χ1v) is 7.93. The van der Waals surface area contributed by atoms with E-state index in [0.717, 1.165) is 6.07 Å². The molecular formula is C14H10ClF2NO3S. The van der Waals surface area contributed by atoms with Gasteiger partial charge in [-0.25, -0.2) is 8.42 Å². The number of benzene rings is 2. The highest BCUT2D eigenvalue weighted by molar-refractivity contribution is 7.91. The number of halogens is 3. The third-order valence-corrected chi connectivity index (χ3v) is 4.56. The number of hydrogen-bond acceptors (Lipinski definition) is 3. The molecular weight excluding hydrogens is 336 g/mol. The third-order valence-electron chi connectivity index (χ3n) is 2.79. The summed E-state index contributed by atoms with van der Waals surface area (Å²) in [6, 6.07) is 11.1. The normalized spacial score (nSPS) is 11.5. The van der Waals surface area contributed by atoms with E-state index in [9.17, 15) is 22.0 Å². The molecule has 22 heavy (non-hydrogen) atoms. The smallest absolute Gasteiger partial charge is 0.321 e. The molecule has 0 aromatic heterocycles. The number of hydrogen-bond donors (Lipinski definition) is 1. The summed E-state index contributed by atoms with van der Waals surface area (Å²) in [4.78, 5) is 11.5. The minimum absolute atomic E-state index is 0.105. The zero-order valence-electron chi connectivity index (χ0n) is 11.0. The van der Waals surface area contributed by atoms with Crippen LogP contribution in [0.1, 0.15) is 10.4 Å². The van der Waals surface area contributed by atoms with Gasteiger partial charge in [0.15, 0.2) is 0 Å². The van der Waals surface area contributed by atoms with Crippen molar-refractivity contribution in [3.8, 4) is 0 Å². The van der Waals surface area contributed by atoms with Gasteiger partial charge in [0.2, 0.25) is 9.84 Å². The fourth-order valence-electron chi connectivity index (χ4n) is 1.75. The molecule has 2 aromatic rings. The van der Waals surface area contributed by atoms with Crippen LogP contribution < -0.4 is 5.32 Å². The Bertz CT molecular complexity index is 809. The summed E-state index contributed by atoms with van der Waals surface area (Å²) in [6.07, 6.45) is 0. The van der Waals surface area contributed by atoms with Crippen LogP contribution in [0.2, 0.25) is 5.02 Å². The van der Waals surface area contributed by atoms with E-state index >= 15 is 0 Å². The molecule has 0 saturated carbocycles. The van der Waals surface area contributed by atoms with Gasteiger partial charge in [0.1, 0.15) is 0 Å². The molecule has 0 spiro atoms. The second-order valence-corrected chi connectivity index (χ2v) is 6.53. The number of para-hydroxylation sites is 1. The largest absolute Gasteiger partial charge is 0.341 e. The molecule has 0 fully saturated rings. The molecule has 0 atom stereocenters. The molecule has 0 bridgehead atoms. The van der Waals surface area contributed by atoms with Crippen LogP contribution in [-0.4, -0.2) is 20.1 Å². The lowest BCUT2D eigenvalue weighted by atomic mass is 10.2. The van der Waals surface area contributed by atoms with Crippen molar-refractivity contribution in [2.24, 2.45) is 0 Å². The van der Waals surface area contributed by atoms with Gasteiger partial charge in [-0.05, 0) is 24.3 Å². The number of rotatable bonds is 4. The minimum Gasteiger partial charge on any atom is -0.321 e. The molecule has 2 aromatic carbocycles. The Morgan fingerprint density at radius 3 is 2.27 bits per heavy atom. The van der Waals surface area contributed by atoms with Crippen molar-refractivity contribution in [2.75, 3.05) is 5.32 Å². The van der Waals surface area contributed by atoms with E-state index in [1.54, 1.807) is 12.1 Å². The lowest BCUT2D eigenvalue weighted by molar-refractivity contribution is 0.102. The average molecular weight is 346 g/mol. The Kier molecular flexibility index (Phi) is 4.77. The third kappa shape index (κ3) is 3.26. The molecule has 4 nitrogen and oxygen atoms in total. The quantitative estimate of drug-likeness (QED) is 0.921. The van der Waals surface area contributed by atoms with Crippen molar-refractivity contribution in [3.05, 3.63) is 59.1 Å². The highest BCUT2D eigenvalue weighted by Gasteiger charge is 2.29. The highest BCUT2D eigenvalue weighted by Crippen LogP contribution is 2.27. The summed E-state index contributed by atoms with van der Waals surface area (Å²) in [5.74, 6) is -4.27. The van der Waals surface area contributed by atoms with Gasteiger partial charge in [0.05, 0.1) is 21.2 Å². The van der Waals surface area contributed by atoms with Gasteiger partial charge < -0.3 is 5.32 Å². The van der Waals surface area contributed by atoms with Gasteiger partial charge in [-0.2, -0.15) is 8.78 Å². The molecule has 0 aliphatic heterocycles. The van der Waals surface area contributed by atoms with Crippen molar-refractivity contribution in [1.82, 2.24) is 0 Å². The molecule has 116 valence electrons. The van der Waals surface area contributed by atoms with Crippen LogP contribution in [-0.2, 0) is 9.84 Å². The van der Waals surface area contributed by atoms with Crippen LogP contribution in [0.5, 0.6) is 0 Å². The Morgan fingerprint density at radius 2 is 1.64 bits per heavy atom. The van der Waals surface area contributed by atoms with Gasteiger partial charge in [0.25, 0.3) is 5.91 Å². The lowest BCUT2D eigenvalue weighted by Gasteiger charge is -2.11. The Hall–Kier alpha value is -1.99. The van der Waals surface area contributed by atoms with Gasteiger partial charge in [-0.1, -0.05) is 35.9 Å². The van der Waals surface area contributed by atoms with Gasteiger partial charge in [0, 0.05) is 0 Å². The van der Waals surface area contributed by atoms with Crippen LogP contribution in [0.4, 0.5) is 14.5 Å². The molecule has 2 rings (SSSR count). The molecule has 0 aliphatic rings. The van der Waals surface area contributed by atoms with Crippen LogP contribution >= 0.6 is 11.6 Å². The van der Waals surface area contributed by atoms with Crippen molar-refractivity contribution in [1.29, 1.82) is 0 Å². The van der Waals surface area contributed by atoms with Crippen molar-refractivity contribution < 1.29 is 22.0 Å². The minimum atomic E-state index is -4.83. The second kappa shape index (κ2) is 6.41. The standard InChI is InChI=1S/C14H10ClF2NO3S/c15-10-6-2-1-5-9(10)13(19)18-11-7-3-4-8-12(11)22(20,21)14(16)17/h1-8,14H,(H,18,19). The topological polar surface area (TPSA) is 63.2 Å². The first-order valence-electron chi connectivity index (χ1n) is 6.01. The predicted octanol–water partition coefficient (Wildman–Crippen LogP) is 3.59. The second-order valence-electron chi connectivity index (χ2n) is 4.24. The van der Waals surface area contributed by atoms with Crippen LogP contribution in [0, 0.1) is 0 Å². The van der Waals surface area contributed by atoms with E-state index in [2.05, 4.69) is 5.32 Å². The molecule has 8 heteroatoms. The molecule has 1 N–H and O–H groups in total. The zero-order valence-corrected chi connectivity index (χ0v) is 12.5. The maximum Gasteiger partial charge on any atom is 0.341 e. The van der Waals surface area contributed by atoms with E-state index in [0.29, 0.717) is 0 Å². The van der Waals surface area contributed by atoms with E-state index in [1.165, 1.54) is 30.3 Å². The summed E-state index contributed by atoms with van der Waals surface area (Å²) >= 11 is 5.87. The number of nitrogens with one attached hydrogen (secondary N) is 1. The molecule has 0 radical (unpaired) electrons. The highest BCUT2D eigenvalue weighted by atomic mass is 35.5. The number of carbonyl (C=O) groups is 1. The van der Waals surface area contributed by atoms with E-state index in [1.807, 2.05) is 0 Å². The Labute approximate surface area is 130 Å².